The number of carbonyl (C=O) groups is 4. The van der Waals surface area contributed by atoms with Crippen LogP contribution < -0.4 is 15.5 Å². The van der Waals surface area contributed by atoms with Crippen molar-refractivity contribution in [3.63, 3.8) is 0 Å². The number of nitrogens with one attached hydrogen (secondary N) is 2. The molecule has 1 aromatic rings. The third-order valence-electron chi connectivity index (χ3n) is 6.04. The van der Waals surface area contributed by atoms with Gasteiger partial charge in [-0.15, -0.1) is 0 Å². The van der Waals surface area contributed by atoms with Crippen molar-refractivity contribution in [2.75, 3.05) is 38.1 Å². The topological polar surface area (TPSA) is 119 Å². The average molecular weight is 467 g/mol. The summed E-state index contributed by atoms with van der Waals surface area (Å²) in [5.74, 6) is -1.80. The first kappa shape index (κ1) is 25.6. The van der Waals surface area contributed by atoms with Crippen LogP contribution in [0.4, 0.5) is 5.69 Å². The number of carbonyl (C=O) groups excluding carboxylic acids is 3. The molecule has 0 radical (unpaired) electrons. The highest BCUT2D eigenvalue weighted by atomic mass is 35.5. The Morgan fingerprint density at radius 3 is 2.38 bits per heavy atom. The van der Waals surface area contributed by atoms with Crippen LogP contribution in [0.15, 0.2) is 18.2 Å². The Labute approximate surface area is 193 Å². The van der Waals surface area contributed by atoms with Crippen molar-refractivity contribution < 1.29 is 24.3 Å². The van der Waals surface area contributed by atoms with E-state index in [9.17, 15) is 19.2 Å². The Hall–Kier alpha value is -2.65. The van der Waals surface area contributed by atoms with Crippen molar-refractivity contribution in [3.05, 3.63) is 28.8 Å². The number of aliphatic carboxylic acids is 1. The van der Waals surface area contributed by atoms with E-state index in [1.54, 1.807) is 4.90 Å². The maximum absolute atomic E-state index is 12.8. The summed E-state index contributed by atoms with van der Waals surface area (Å²) >= 11 is 6.21. The predicted octanol–water partition coefficient (Wildman–Crippen LogP) is 1.43. The fraction of sp³-hybridized carbons (Fsp3) is 0.545. The van der Waals surface area contributed by atoms with E-state index in [4.69, 9.17) is 16.7 Å². The fourth-order valence-corrected chi connectivity index (χ4v) is 4.20. The normalized spacial score (nSPS) is 15.7. The van der Waals surface area contributed by atoms with Crippen molar-refractivity contribution in [2.24, 2.45) is 0 Å². The summed E-state index contributed by atoms with van der Waals surface area (Å²) in [5.41, 5.74) is 0.851. The van der Waals surface area contributed by atoms with Gasteiger partial charge in [-0.25, -0.2) is 0 Å². The minimum absolute atomic E-state index is 0.0319. The van der Waals surface area contributed by atoms with Crippen molar-refractivity contribution in [2.45, 2.75) is 44.6 Å². The molecule has 0 aliphatic carbocycles. The van der Waals surface area contributed by atoms with E-state index >= 15 is 0 Å². The Morgan fingerprint density at radius 1 is 1.16 bits per heavy atom. The number of carboxylic acid groups (broad SMARTS) is 1. The second-order valence-electron chi connectivity index (χ2n) is 7.81. The lowest BCUT2D eigenvalue weighted by Crippen LogP contribution is -2.56. The van der Waals surface area contributed by atoms with Crippen LogP contribution in [-0.2, 0) is 25.6 Å². The summed E-state index contributed by atoms with van der Waals surface area (Å²) in [4.78, 5) is 51.0. The van der Waals surface area contributed by atoms with Gasteiger partial charge in [0.25, 0.3) is 0 Å². The van der Waals surface area contributed by atoms with Crippen molar-refractivity contribution in [1.82, 2.24) is 15.5 Å². The number of benzene rings is 1. The highest BCUT2D eigenvalue weighted by Crippen LogP contribution is 2.25. The number of nitrogens with zero attached hydrogens (tertiary/aromatic N) is 2. The number of anilines is 1. The Balaban J connectivity index is 1.97. The van der Waals surface area contributed by atoms with Gasteiger partial charge in [-0.3, -0.25) is 24.5 Å². The molecule has 1 heterocycles. The molecule has 1 atom stereocenters. The van der Waals surface area contributed by atoms with E-state index in [1.807, 2.05) is 12.1 Å². The molecule has 1 fully saturated rings. The number of rotatable bonds is 11. The lowest BCUT2D eigenvalue weighted by Gasteiger charge is -2.37. The van der Waals surface area contributed by atoms with Gasteiger partial charge < -0.3 is 20.2 Å². The summed E-state index contributed by atoms with van der Waals surface area (Å²) in [6.45, 7) is 4.51. The summed E-state index contributed by atoms with van der Waals surface area (Å²) in [6.07, 6.45) is 0.964. The van der Waals surface area contributed by atoms with E-state index in [1.165, 1.54) is 7.05 Å². The predicted molar refractivity (Wildman–Crippen MR) is 122 cm³/mol. The van der Waals surface area contributed by atoms with Gasteiger partial charge in [0.2, 0.25) is 18.2 Å². The molecule has 9 nitrogen and oxygen atoms in total. The third-order valence-corrected chi connectivity index (χ3v) is 6.41. The number of piperazine rings is 1. The molecule has 1 saturated heterocycles. The van der Waals surface area contributed by atoms with Crippen LogP contribution in [0.3, 0.4) is 0 Å². The molecule has 0 bridgehead atoms. The van der Waals surface area contributed by atoms with Crippen LogP contribution in [0.1, 0.15) is 38.2 Å². The molecule has 10 heteroatoms. The molecule has 1 aromatic carbocycles. The molecule has 2 rings (SSSR count). The summed E-state index contributed by atoms with van der Waals surface area (Å²) in [6, 6.07) is 5.95. The molecule has 1 unspecified atom stereocenters. The third kappa shape index (κ3) is 6.43. The quantitative estimate of drug-likeness (QED) is 0.422. The maximum atomic E-state index is 12.8. The van der Waals surface area contributed by atoms with Gasteiger partial charge >= 0.3 is 5.97 Å². The van der Waals surface area contributed by atoms with Crippen molar-refractivity contribution >= 4 is 41.5 Å². The molecule has 3 N–H and O–H groups in total. The van der Waals surface area contributed by atoms with Crippen LogP contribution in [0.5, 0.6) is 0 Å². The molecular weight excluding hydrogens is 436 g/mol. The largest absolute Gasteiger partial charge is 0.481 e. The second-order valence-corrected chi connectivity index (χ2v) is 8.22. The molecular formula is C22H31ClN4O5. The van der Waals surface area contributed by atoms with Crippen molar-refractivity contribution in [1.29, 1.82) is 0 Å². The van der Waals surface area contributed by atoms with Crippen LogP contribution >= 0.6 is 11.6 Å². The lowest BCUT2D eigenvalue weighted by molar-refractivity contribution is -0.138. The smallest absolute Gasteiger partial charge is 0.303 e. The fourth-order valence-electron chi connectivity index (χ4n) is 3.95. The van der Waals surface area contributed by atoms with E-state index in [2.05, 4.69) is 28.5 Å². The first-order valence-electron chi connectivity index (χ1n) is 10.7. The number of halogens is 1. The molecule has 176 valence electrons. The highest BCUT2D eigenvalue weighted by Gasteiger charge is 2.38. The van der Waals surface area contributed by atoms with Crippen molar-refractivity contribution in [3.8, 4) is 0 Å². The van der Waals surface area contributed by atoms with Crippen LogP contribution in [0.25, 0.3) is 0 Å². The first-order valence-corrected chi connectivity index (χ1v) is 11.1. The number of amides is 3. The maximum Gasteiger partial charge on any atom is 0.303 e. The van der Waals surface area contributed by atoms with E-state index in [0.29, 0.717) is 26.2 Å². The monoisotopic (exact) mass is 466 g/mol. The zero-order valence-corrected chi connectivity index (χ0v) is 19.3. The van der Waals surface area contributed by atoms with Crippen LogP contribution in [-0.4, -0.2) is 73.0 Å². The standard InChI is InChI=1S/C22H31ClN4O5/c1-3-16-14-17(4-5-18(16)23)26-10-12-27(13-11-26)19(29)6-8-22(24-2,9-7-20(30)31)21(32)25-15-28/h4-5,14-15,24H,3,6-13H2,1-2H3,(H,30,31)(H,25,28,32). The first-order chi connectivity index (χ1) is 15.3. The summed E-state index contributed by atoms with van der Waals surface area (Å²) < 4.78 is 0. The number of likely N-dealkylation sites (N-methyl/N-ethyl adjacent to an activating group) is 1. The number of hydrogen-bond acceptors (Lipinski definition) is 6. The van der Waals surface area contributed by atoms with Gasteiger partial charge in [-0.05, 0) is 50.1 Å². The number of aryl methyl sites for hydroxylation is 1. The average Bonchev–Trinajstić information content (AvgIpc) is 2.79. The van der Waals surface area contributed by atoms with Gasteiger partial charge in [0.1, 0.15) is 0 Å². The highest BCUT2D eigenvalue weighted by molar-refractivity contribution is 6.31. The molecule has 0 saturated carbocycles. The van der Waals surface area contributed by atoms with Gasteiger partial charge in [0.15, 0.2) is 0 Å². The number of imide groups is 1. The summed E-state index contributed by atoms with van der Waals surface area (Å²) in [7, 11) is 1.52. The number of carboxylic acids is 1. The minimum Gasteiger partial charge on any atom is -0.481 e. The second kappa shape index (κ2) is 11.8. The van der Waals surface area contributed by atoms with Gasteiger partial charge in [0, 0.05) is 49.7 Å². The van der Waals surface area contributed by atoms with Crippen LogP contribution in [0, 0.1) is 0 Å². The van der Waals surface area contributed by atoms with Crippen LogP contribution in [0.2, 0.25) is 5.02 Å². The van der Waals surface area contributed by atoms with Gasteiger partial charge in [0.05, 0.1) is 5.54 Å². The van der Waals surface area contributed by atoms with E-state index in [0.717, 1.165) is 22.7 Å². The molecule has 1 aliphatic rings. The lowest BCUT2D eigenvalue weighted by atomic mass is 9.87. The summed E-state index contributed by atoms with van der Waals surface area (Å²) in [5, 5.41) is 14.7. The molecule has 0 aromatic heterocycles. The zero-order chi connectivity index (χ0) is 23.7. The Bertz CT molecular complexity index is 842. The Kier molecular flexibility index (Phi) is 9.46. The van der Waals surface area contributed by atoms with Gasteiger partial charge in [-0.2, -0.15) is 0 Å². The molecule has 1 aliphatic heterocycles. The van der Waals surface area contributed by atoms with Gasteiger partial charge in [-0.1, -0.05) is 18.5 Å². The number of hydrogen-bond donors (Lipinski definition) is 3. The molecule has 32 heavy (non-hydrogen) atoms. The zero-order valence-electron chi connectivity index (χ0n) is 18.5. The minimum atomic E-state index is -1.31. The Morgan fingerprint density at radius 2 is 1.81 bits per heavy atom. The van der Waals surface area contributed by atoms with E-state index in [-0.39, 0.29) is 38.0 Å². The molecule has 0 spiro atoms. The van der Waals surface area contributed by atoms with E-state index < -0.39 is 17.4 Å². The molecule has 3 amide bonds. The SMILES string of the molecule is CCc1cc(N2CCN(C(=O)CCC(CCC(=O)O)(NC)C(=O)NC=O)CC2)ccc1Cl.